The molecule has 1 N–H and O–H groups in total. The lowest BCUT2D eigenvalue weighted by atomic mass is 9.73. The van der Waals surface area contributed by atoms with Crippen LogP contribution in [0.1, 0.15) is 32.7 Å². The zero-order chi connectivity index (χ0) is 18.0. The lowest BCUT2D eigenvalue weighted by molar-refractivity contribution is 0.159. The molecule has 4 aliphatic rings. The van der Waals surface area contributed by atoms with E-state index in [0.29, 0.717) is 29.8 Å². The molecule has 4 heterocycles. The van der Waals surface area contributed by atoms with Crippen LogP contribution in [-0.2, 0) is 0 Å². The quantitative estimate of drug-likeness (QED) is 0.920. The molecule has 6 rings (SSSR count). The second-order valence-electron chi connectivity index (χ2n) is 8.52. The third-order valence-corrected chi connectivity index (χ3v) is 6.80. The summed E-state index contributed by atoms with van der Waals surface area (Å²) >= 11 is 0. The van der Waals surface area contributed by atoms with Gasteiger partial charge in [-0.15, -0.1) is 0 Å². The van der Waals surface area contributed by atoms with Crippen LogP contribution < -0.4 is 11.0 Å². The molecular formula is C20H26N4O2. The second-order valence-corrected chi connectivity index (χ2v) is 8.52. The first kappa shape index (κ1) is 16.1. The van der Waals surface area contributed by atoms with E-state index in [1.165, 1.54) is 30.5 Å². The highest BCUT2D eigenvalue weighted by atomic mass is 16.2. The van der Waals surface area contributed by atoms with Crippen molar-refractivity contribution in [3.8, 4) is 0 Å². The van der Waals surface area contributed by atoms with Crippen LogP contribution in [-0.4, -0.2) is 45.7 Å². The number of amides is 1. The van der Waals surface area contributed by atoms with E-state index >= 15 is 0 Å². The van der Waals surface area contributed by atoms with E-state index < -0.39 is 0 Å². The Balaban J connectivity index is 1.41. The number of hydrogen-bond donors (Lipinski definition) is 1. The maximum absolute atomic E-state index is 12.9. The average molecular weight is 354 g/mol. The molecular weight excluding hydrogens is 328 g/mol. The van der Waals surface area contributed by atoms with Gasteiger partial charge < -0.3 is 5.32 Å². The zero-order valence-electron chi connectivity index (χ0n) is 15.4. The molecule has 26 heavy (non-hydrogen) atoms. The number of carbonyl (C=O) groups is 1. The maximum Gasteiger partial charge on any atom is 0.337 e. The summed E-state index contributed by atoms with van der Waals surface area (Å²) in [6.45, 7) is 7.00. The summed E-state index contributed by atoms with van der Waals surface area (Å²) in [7, 11) is 0. The van der Waals surface area contributed by atoms with Crippen molar-refractivity contribution < 1.29 is 4.79 Å². The van der Waals surface area contributed by atoms with Crippen molar-refractivity contribution in [2.45, 2.75) is 38.8 Å². The monoisotopic (exact) mass is 354 g/mol. The van der Waals surface area contributed by atoms with Crippen LogP contribution in [0.5, 0.6) is 0 Å². The molecule has 1 saturated carbocycles. The molecule has 2 atom stereocenters. The van der Waals surface area contributed by atoms with E-state index in [-0.39, 0.29) is 17.8 Å². The Bertz CT molecular complexity index is 898. The van der Waals surface area contributed by atoms with Crippen molar-refractivity contribution in [2.24, 2.45) is 17.8 Å². The topological polar surface area (TPSA) is 59.3 Å². The number of fused-ring (bicyclic) bond motifs is 1. The Morgan fingerprint density at radius 1 is 1.15 bits per heavy atom. The van der Waals surface area contributed by atoms with Crippen LogP contribution in [0.3, 0.4) is 0 Å². The van der Waals surface area contributed by atoms with Crippen molar-refractivity contribution in [3.63, 3.8) is 0 Å². The predicted molar refractivity (Wildman–Crippen MR) is 100 cm³/mol. The van der Waals surface area contributed by atoms with E-state index in [4.69, 9.17) is 0 Å². The molecule has 6 heteroatoms. The van der Waals surface area contributed by atoms with E-state index in [1.807, 2.05) is 38.1 Å². The van der Waals surface area contributed by atoms with Crippen molar-refractivity contribution in [2.75, 3.05) is 19.6 Å². The summed E-state index contributed by atoms with van der Waals surface area (Å²) in [6, 6.07) is 8.05. The number of nitrogens with one attached hydrogen (secondary N) is 1. The van der Waals surface area contributed by atoms with Gasteiger partial charge in [-0.05, 0) is 56.6 Å². The van der Waals surface area contributed by atoms with Crippen LogP contribution in [0.2, 0.25) is 0 Å². The lowest BCUT2D eigenvalue weighted by Crippen LogP contribution is -2.45. The molecule has 3 aliphatic heterocycles. The van der Waals surface area contributed by atoms with Crippen LogP contribution in [0.4, 0.5) is 4.79 Å². The number of piperidine rings is 1. The zero-order valence-corrected chi connectivity index (χ0v) is 15.4. The maximum atomic E-state index is 12.9. The number of rotatable bonds is 3. The molecule has 1 aliphatic carbocycles. The number of imidazole rings is 1. The van der Waals surface area contributed by atoms with Crippen LogP contribution in [0.25, 0.3) is 11.0 Å². The molecule has 1 amide bonds. The highest BCUT2D eigenvalue weighted by molar-refractivity contribution is 5.89. The summed E-state index contributed by atoms with van der Waals surface area (Å²) in [4.78, 5) is 28.4. The Morgan fingerprint density at radius 3 is 2.42 bits per heavy atom. The Morgan fingerprint density at radius 2 is 1.81 bits per heavy atom. The van der Waals surface area contributed by atoms with Gasteiger partial charge in [0.05, 0.1) is 11.0 Å². The second kappa shape index (κ2) is 5.71. The number of aromatic nitrogens is 2. The van der Waals surface area contributed by atoms with Gasteiger partial charge in [0.25, 0.3) is 0 Å². The molecule has 0 spiro atoms. The standard InChI is InChI=1S/C20H26N4O2/c1-12(2)23-17-5-3-4-6-18(17)24(20(23)26)19(25)21-9-16-13-7-15-8-14(16)11-22(15)10-13/h3-6,12-16H,7-11H2,1-2H3,(H,21,25). The summed E-state index contributed by atoms with van der Waals surface area (Å²) in [5, 5.41) is 3.08. The number of hydrogen-bond acceptors (Lipinski definition) is 3. The molecule has 1 aromatic carbocycles. The van der Waals surface area contributed by atoms with Crippen LogP contribution >= 0.6 is 0 Å². The van der Waals surface area contributed by atoms with Gasteiger partial charge in [-0.3, -0.25) is 9.47 Å². The molecule has 138 valence electrons. The third-order valence-electron chi connectivity index (χ3n) is 6.80. The number of para-hydroxylation sites is 2. The Hall–Kier alpha value is -2.08. The van der Waals surface area contributed by atoms with Gasteiger partial charge in [0.2, 0.25) is 0 Å². The van der Waals surface area contributed by atoms with Crippen LogP contribution in [0.15, 0.2) is 29.1 Å². The van der Waals surface area contributed by atoms with Gasteiger partial charge in [0.15, 0.2) is 0 Å². The molecule has 4 bridgehead atoms. The van der Waals surface area contributed by atoms with E-state index in [9.17, 15) is 9.59 Å². The number of nitrogens with zero attached hydrogens (tertiary/aromatic N) is 3. The molecule has 6 nitrogen and oxygen atoms in total. The fourth-order valence-corrected chi connectivity index (χ4v) is 5.71. The minimum atomic E-state index is -0.290. The first-order chi connectivity index (χ1) is 12.5. The molecule has 2 unspecified atom stereocenters. The highest BCUT2D eigenvalue weighted by Crippen LogP contribution is 2.48. The van der Waals surface area contributed by atoms with Gasteiger partial charge in [0.1, 0.15) is 0 Å². The van der Waals surface area contributed by atoms with Gasteiger partial charge >= 0.3 is 11.7 Å². The van der Waals surface area contributed by atoms with Gasteiger partial charge in [0, 0.05) is 31.7 Å². The molecule has 4 fully saturated rings. The van der Waals surface area contributed by atoms with E-state index in [0.717, 1.165) is 11.6 Å². The normalized spacial score (nSPS) is 32.0. The first-order valence-corrected chi connectivity index (χ1v) is 9.79. The van der Waals surface area contributed by atoms with Gasteiger partial charge in [-0.2, -0.15) is 0 Å². The minimum absolute atomic E-state index is 0.0103. The van der Waals surface area contributed by atoms with E-state index in [2.05, 4.69) is 10.2 Å². The molecule has 3 saturated heterocycles. The highest BCUT2D eigenvalue weighted by Gasteiger charge is 2.51. The van der Waals surface area contributed by atoms with Crippen molar-refractivity contribution in [1.29, 1.82) is 0 Å². The summed E-state index contributed by atoms with van der Waals surface area (Å²) in [5.41, 5.74) is 1.25. The summed E-state index contributed by atoms with van der Waals surface area (Å²) in [6.07, 6.45) is 2.56. The first-order valence-electron chi connectivity index (χ1n) is 9.79. The SMILES string of the molecule is CC(C)n1c(=O)n(C(=O)NCC2C3CC4CC2CN4C3)c2ccccc21. The predicted octanol–water partition coefficient (Wildman–Crippen LogP) is 2.28. The fourth-order valence-electron chi connectivity index (χ4n) is 5.71. The Labute approximate surface area is 152 Å². The molecule has 1 aromatic heterocycles. The summed E-state index contributed by atoms with van der Waals surface area (Å²) < 4.78 is 3.00. The third kappa shape index (κ3) is 2.21. The fraction of sp³-hybridized carbons (Fsp3) is 0.600. The smallest absolute Gasteiger partial charge is 0.337 e. The van der Waals surface area contributed by atoms with Gasteiger partial charge in [-0.25, -0.2) is 14.2 Å². The van der Waals surface area contributed by atoms with Crippen molar-refractivity contribution in [1.82, 2.24) is 19.4 Å². The number of carbonyl (C=O) groups excluding carboxylic acids is 1. The Kier molecular flexibility index (Phi) is 3.54. The van der Waals surface area contributed by atoms with Gasteiger partial charge in [-0.1, -0.05) is 12.1 Å². The average Bonchev–Trinajstić information content (AvgIpc) is 3.19. The molecule has 0 radical (unpaired) electrons. The lowest BCUT2D eigenvalue weighted by Gasteiger charge is -2.35. The summed E-state index contributed by atoms with van der Waals surface area (Å²) in [5.74, 6) is 1.98. The molecule has 2 aromatic rings. The minimum Gasteiger partial charge on any atom is -0.337 e. The van der Waals surface area contributed by atoms with Crippen molar-refractivity contribution >= 4 is 17.1 Å². The van der Waals surface area contributed by atoms with Crippen molar-refractivity contribution in [3.05, 3.63) is 34.7 Å². The van der Waals surface area contributed by atoms with E-state index in [1.54, 1.807) is 4.57 Å². The van der Waals surface area contributed by atoms with Crippen LogP contribution in [0, 0.1) is 17.8 Å². The largest absolute Gasteiger partial charge is 0.337 e. The number of benzene rings is 1.